The zero-order chi connectivity index (χ0) is 20.9. The molecule has 0 aromatic heterocycles. The maximum Gasteiger partial charge on any atom is 0.439 e. The van der Waals surface area contributed by atoms with Gasteiger partial charge in [-0.3, -0.25) is 0 Å². The molecule has 0 saturated carbocycles. The molecular weight excluding hydrogens is 425 g/mol. The number of nitrogens with one attached hydrogen (secondary N) is 1. The zero-order valence-electron chi connectivity index (χ0n) is 15.4. The summed E-state index contributed by atoms with van der Waals surface area (Å²) in [6.07, 6.45) is 0. The molecule has 11 heteroatoms. The van der Waals surface area contributed by atoms with Gasteiger partial charge in [-0.1, -0.05) is 41.4 Å². The molecule has 8 nitrogen and oxygen atoms in total. The summed E-state index contributed by atoms with van der Waals surface area (Å²) in [5.74, 6) is 0. The average Bonchev–Trinajstić information content (AvgIpc) is 2.68. The average molecular weight is 444 g/mol. The van der Waals surface area contributed by atoms with Crippen molar-refractivity contribution in [1.82, 2.24) is 4.72 Å². The molecule has 2 rings (SSSR count). The van der Waals surface area contributed by atoms with Crippen LogP contribution in [0.1, 0.15) is 17.2 Å². The van der Waals surface area contributed by atoms with Crippen LogP contribution >= 0.6 is 19.2 Å². The fourth-order valence-electron chi connectivity index (χ4n) is 2.40. The summed E-state index contributed by atoms with van der Waals surface area (Å²) in [7, 11) is -5.94. The molecule has 0 spiro atoms. The van der Waals surface area contributed by atoms with Crippen LogP contribution < -0.4 is 4.72 Å². The maximum absolute atomic E-state index is 12.9. The summed E-state index contributed by atoms with van der Waals surface area (Å²) >= 11 is 5.90. The van der Waals surface area contributed by atoms with Crippen LogP contribution in [0.5, 0.6) is 0 Å². The van der Waals surface area contributed by atoms with Crippen LogP contribution in [0.4, 0.5) is 0 Å². The van der Waals surface area contributed by atoms with Crippen LogP contribution in [-0.4, -0.2) is 32.9 Å². The van der Waals surface area contributed by atoms with Gasteiger partial charge in [-0.05, 0) is 36.8 Å². The molecule has 2 aromatic rings. The molecule has 150 valence electrons. The first-order valence-electron chi connectivity index (χ1n) is 7.95. The third kappa shape index (κ3) is 4.96. The van der Waals surface area contributed by atoms with Gasteiger partial charge >= 0.3 is 13.0 Å². The highest BCUT2D eigenvalue weighted by atomic mass is 35.5. The first-order chi connectivity index (χ1) is 13.2. The normalized spacial score (nSPS) is 13.0. The van der Waals surface area contributed by atoms with Crippen molar-refractivity contribution in [1.29, 1.82) is 0 Å². The summed E-state index contributed by atoms with van der Waals surface area (Å²) in [5, 5.41) is 0.410. The topological polar surface area (TPSA) is 118 Å². The van der Waals surface area contributed by atoms with Crippen molar-refractivity contribution in [3.8, 4) is 0 Å². The third-order valence-electron chi connectivity index (χ3n) is 3.93. The van der Waals surface area contributed by atoms with Gasteiger partial charge in [-0.15, -0.1) is 0 Å². The fraction of sp³-hybridized carbons (Fsp3) is 0.235. The minimum atomic E-state index is -4.07. The van der Waals surface area contributed by atoms with Crippen molar-refractivity contribution in [2.45, 2.75) is 17.9 Å². The van der Waals surface area contributed by atoms with Gasteiger partial charge in [0.2, 0.25) is 10.0 Å². The van der Waals surface area contributed by atoms with E-state index in [0.717, 1.165) is 19.8 Å². The molecule has 0 amide bonds. The molecule has 28 heavy (non-hydrogen) atoms. The largest absolute Gasteiger partial charge is 0.439 e. The lowest BCUT2D eigenvalue weighted by atomic mass is 10.1. The lowest BCUT2D eigenvalue weighted by Crippen LogP contribution is -2.34. The SMILES string of the molecule is COP(=O)(OC)C(=[N+]=[N-])C(NS(=O)(=O)c1ccc(C)cc1)c1ccc(Cl)cc1. The Bertz CT molecular complexity index is 1030. The lowest BCUT2D eigenvalue weighted by Gasteiger charge is -2.19. The van der Waals surface area contributed by atoms with E-state index in [1.54, 1.807) is 12.1 Å². The van der Waals surface area contributed by atoms with Crippen LogP contribution in [0.3, 0.4) is 0 Å². The van der Waals surface area contributed by atoms with Crippen molar-refractivity contribution in [3.63, 3.8) is 0 Å². The van der Waals surface area contributed by atoms with Crippen LogP contribution in [0.25, 0.3) is 5.53 Å². The van der Waals surface area contributed by atoms with E-state index in [1.807, 2.05) is 6.92 Å². The van der Waals surface area contributed by atoms with Crippen molar-refractivity contribution >= 4 is 34.7 Å². The van der Waals surface area contributed by atoms with Crippen LogP contribution in [0, 0.1) is 6.92 Å². The Labute approximate surface area is 168 Å². The predicted molar refractivity (Wildman–Crippen MR) is 106 cm³/mol. The van der Waals surface area contributed by atoms with E-state index in [9.17, 15) is 18.5 Å². The number of halogens is 1. The number of sulfonamides is 1. The van der Waals surface area contributed by atoms with Crippen LogP contribution in [0.15, 0.2) is 53.4 Å². The van der Waals surface area contributed by atoms with E-state index >= 15 is 0 Å². The van der Waals surface area contributed by atoms with Gasteiger partial charge < -0.3 is 14.6 Å². The van der Waals surface area contributed by atoms with Crippen molar-refractivity contribution in [3.05, 3.63) is 70.2 Å². The first kappa shape index (κ1) is 22.5. The molecule has 1 N–H and O–H groups in total. The Morgan fingerprint density at radius 2 is 1.64 bits per heavy atom. The summed E-state index contributed by atoms with van der Waals surface area (Å²) in [4.78, 5) is 3.02. The Morgan fingerprint density at radius 3 is 2.11 bits per heavy atom. The highest BCUT2D eigenvalue weighted by molar-refractivity contribution is 7.89. The van der Waals surface area contributed by atoms with Gasteiger partial charge in [0, 0.05) is 19.2 Å². The maximum atomic E-state index is 12.9. The Balaban J connectivity index is 2.58. The van der Waals surface area contributed by atoms with E-state index in [1.165, 1.54) is 36.4 Å². The number of nitrogens with zero attached hydrogens (tertiary/aromatic N) is 2. The van der Waals surface area contributed by atoms with E-state index in [-0.39, 0.29) is 4.90 Å². The molecule has 1 atom stereocenters. The number of hydrogen-bond acceptors (Lipinski definition) is 5. The predicted octanol–water partition coefficient (Wildman–Crippen LogP) is 3.78. The van der Waals surface area contributed by atoms with E-state index < -0.39 is 29.1 Å². The summed E-state index contributed by atoms with van der Waals surface area (Å²) in [6.45, 7) is 1.82. The monoisotopic (exact) mass is 443 g/mol. The van der Waals surface area contributed by atoms with Gasteiger partial charge in [0.25, 0.3) is 0 Å². The molecule has 0 heterocycles. The Morgan fingerprint density at radius 1 is 1.11 bits per heavy atom. The molecule has 1 unspecified atom stereocenters. The Kier molecular flexibility index (Phi) is 7.31. The smallest absolute Gasteiger partial charge is 0.361 e. The van der Waals surface area contributed by atoms with E-state index in [0.29, 0.717) is 10.6 Å². The standard InChI is InChI=1S/C17H19ClN3O5PS/c1-12-4-10-15(11-5-12)28(23,24)21-16(13-6-8-14(18)9-7-13)17(20-19)27(22,25-2)26-3/h4-11,16,21H,1-3H3. The molecule has 0 bridgehead atoms. The highest BCUT2D eigenvalue weighted by Crippen LogP contribution is 2.51. The fourth-order valence-corrected chi connectivity index (χ4v) is 4.96. The van der Waals surface area contributed by atoms with Crippen molar-refractivity contribution in [2.24, 2.45) is 0 Å². The van der Waals surface area contributed by atoms with Crippen molar-refractivity contribution < 1.29 is 26.8 Å². The minimum Gasteiger partial charge on any atom is -0.361 e. The number of rotatable bonds is 8. The molecule has 0 aliphatic rings. The first-order valence-corrected chi connectivity index (χ1v) is 11.4. The van der Waals surface area contributed by atoms with Gasteiger partial charge in [0.05, 0.1) is 4.90 Å². The zero-order valence-corrected chi connectivity index (χ0v) is 17.8. The number of benzene rings is 2. The van der Waals surface area contributed by atoms with E-state index in [2.05, 4.69) is 9.51 Å². The molecule has 0 aliphatic heterocycles. The van der Waals surface area contributed by atoms with Gasteiger partial charge in [0.1, 0.15) is 0 Å². The van der Waals surface area contributed by atoms with Crippen molar-refractivity contribution in [2.75, 3.05) is 14.2 Å². The highest BCUT2D eigenvalue weighted by Gasteiger charge is 2.46. The van der Waals surface area contributed by atoms with Crippen LogP contribution in [-0.2, 0) is 23.6 Å². The second-order valence-electron chi connectivity index (χ2n) is 5.74. The molecule has 0 fully saturated rings. The summed E-state index contributed by atoms with van der Waals surface area (Å²) in [6, 6.07) is 10.9. The van der Waals surface area contributed by atoms with Gasteiger partial charge in [-0.25, -0.2) is 13.0 Å². The summed E-state index contributed by atoms with van der Waals surface area (Å²) < 4.78 is 50.7. The Hall–Kier alpha value is -1.83. The van der Waals surface area contributed by atoms with E-state index in [4.69, 9.17) is 20.6 Å². The van der Waals surface area contributed by atoms with Gasteiger partial charge in [0.15, 0.2) is 6.04 Å². The quantitative estimate of drug-likeness (QED) is 0.288. The second-order valence-corrected chi connectivity index (χ2v) is 10.1. The van der Waals surface area contributed by atoms with Crippen LogP contribution in [0.2, 0.25) is 5.02 Å². The second kappa shape index (κ2) is 9.11. The number of hydrogen-bond donors (Lipinski definition) is 1. The van der Waals surface area contributed by atoms with Gasteiger partial charge in [-0.2, -0.15) is 9.51 Å². The molecule has 0 aliphatic carbocycles. The number of aryl methyl sites for hydroxylation is 1. The summed E-state index contributed by atoms with van der Waals surface area (Å²) in [5.41, 5.74) is 10.2. The lowest BCUT2D eigenvalue weighted by molar-refractivity contribution is -0.00819. The minimum absolute atomic E-state index is 0.0148. The third-order valence-corrected chi connectivity index (χ3v) is 7.49. The molecule has 2 aromatic carbocycles. The molecule has 0 saturated heterocycles. The molecule has 0 radical (unpaired) electrons. The molecular formula is C17H19ClN3O5PS.